The first kappa shape index (κ1) is 24.8. The molecule has 0 fully saturated rings. The second-order valence-electron chi connectivity index (χ2n) is 8.90. The molecule has 1 aliphatic rings. The fraction of sp³-hybridized carbons (Fsp3) is 0.250. The molecule has 7 nitrogen and oxygen atoms in total. The largest absolute Gasteiger partial charge is 0.491 e. The molecule has 3 aromatic rings. The molecule has 2 aromatic carbocycles. The third-order valence-electron chi connectivity index (χ3n) is 5.52. The number of rotatable bonds is 6. The molecule has 1 aliphatic heterocycles. The number of hydrogen-bond acceptors (Lipinski definition) is 7. The summed E-state index contributed by atoms with van der Waals surface area (Å²) in [6.45, 7) is 7.78. The highest BCUT2D eigenvalue weighted by Crippen LogP contribution is 2.36. The lowest BCUT2D eigenvalue weighted by Gasteiger charge is -2.22. The predicted octanol–water partition coefficient (Wildman–Crippen LogP) is 3.44. The number of nitrogens with two attached hydrogens (primary N) is 1. The Bertz CT molecular complexity index is 1580. The molecular weight excluding hydrogens is 472 g/mol. The lowest BCUT2D eigenvalue weighted by atomic mass is 9.84. The molecule has 0 bridgehead atoms. The van der Waals surface area contributed by atoms with E-state index in [0.29, 0.717) is 20.5 Å². The van der Waals surface area contributed by atoms with Crippen LogP contribution in [-0.4, -0.2) is 16.8 Å². The number of hydrogen-bond donors (Lipinski definition) is 1. The van der Waals surface area contributed by atoms with Gasteiger partial charge in [0.2, 0.25) is 0 Å². The van der Waals surface area contributed by atoms with Crippen molar-refractivity contribution in [3.63, 3.8) is 0 Å². The number of allylic oxidation sites excluding steroid dienone is 1. The summed E-state index contributed by atoms with van der Waals surface area (Å²) >= 11 is 1.19. The topological polar surface area (TPSA) is 114 Å². The highest BCUT2D eigenvalue weighted by molar-refractivity contribution is 7.07. The van der Waals surface area contributed by atoms with Crippen molar-refractivity contribution >= 4 is 28.8 Å². The Balaban J connectivity index is 1.86. The summed E-state index contributed by atoms with van der Waals surface area (Å²) in [6, 6.07) is 19.0. The van der Waals surface area contributed by atoms with Crippen molar-refractivity contribution in [2.75, 3.05) is 0 Å². The van der Waals surface area contributed by atoms with Crippen LogP contribution >= 0.6 is 11.3 Å². The van der Waals surface area contributed by atoms with Crippen LogP contribution in [0.5, 0.6) is 11.5 Å². The zero-order chi connectivity index (χ0) is 26.0. The molecule has 0 unspecified atom stereocenters. The first-order valence-electron chi connectivity index (χ1n) is 11.5. The van der Waals surface area contributed by atoms with Crippen LogP contribution in [0.4, 0.5) is 0 Å². The third-order valence-corrected chi connectivity index (χ3v) is 6.63. The Morgan fingerprint density at radius 1 is 0.917 bits per heavy atom. The van der Waals surface area contributed by atoms with Gasteiger partial charge in [0, 0.05) is 0 Å². The van der Waals surface area contributed by atoms with Crippen LogP contribution in [0.3, 0.4) is 0 Å². The van der Waals surface area contributed by atoms with Gasteiger partial charge in [-0.2, -0.15) is 10.5 Å². The van der Waals surface area contributed by atoms with E-state index in [1.165, 1.54) is 15.9 Å². The monoisotopic (exact) mass is 498 g/mol. The van der Waals surface area contributed by atoms with Crippen LogP contribution in [0.15, 0.2) is 58.9 Å². The van der Waals surface area contributed by atoms with E-state index in [2.05, 4.69) is 12.1 Å². The normalized spacial score (nSPS) is 15.6. The van der Waals surface area contributed by atoms with Crippen molar-refractivity contribution in [2.45, 2.75) is 45.8 Å². The molecule has 36 heavy (non-hydrogen) atoms. The molecule has 4 rings (SSSR count). The lowest BCUT2D eigenvalue weighted by Crippen LogP contribution is -2.38. The van der Waals surface area contributed by atoms with Crippen LogP contribution in [0.1, 0.15) is 44.7 Å². The molecule has 8 heteroatoms. The van der Waals surface area contributed by atoms with Gasteiger partial charge in [0.25, 0.3) is 5.56 Å². The van der Waals surface area contributed by atoms with Gasteiger partial charge in [-0.3, -0.25) is 9.36 Å². The van der Waals surface area contributed by atoms with Gasteiger partial charge >= 0.3 is 0 Å². The van der Waals surface area contributed by atoms with Crippen LogP contribution in [0.2, 0.25) is 0 Å². The minimum atomic E-state index is -0.675. The van der Waals surface area contributed by atoms with Gasteiger partial charge in [-0.05, 0) is 69.2 Å². The molecule has 1 atom stereocenters. The third kappa shape index (κ3) is 4.77. The van der Waals surface area contributed by atoms with Crippen molar-refractivity contribution in [2.24, 2.45) is 5.73 Å². The molecule has 2 heterocycles. The maximum atomic E-state index is 13.3. The van der Waals surface area contributed by atoms with Crippen molar-refractivity contribution in [1.82, 2.24) is 4.57 Å². The van der Waals surface area contributed by atoms with E-state index < -0.39 is 5.92 Å². The van der Waals surface area contributed by atoms with E-state index in [0.717, 1.165) is 16.9 Å². The molecule has 0 saturated heterocycles. The molecule has 182 valence electrons. The Hall–Kier alpha value is -4.27. The zero-order valence-electron chi connectivity index (χ0n) is 20.5. The van der Waals surface area contributed by atoms with Gasteiger partial charge in [-0.1, -0.05) is 24.3 Å². The SMILES string of the molecule is CC(C)Oc1ccc(/C=c2\sc3n(c2=O)C(N)=C(C#N)[C@@H](c2ccc(OC(C)C)cc2)C=3C#N)cc1. The van der Waals surface area contributed by atoms with Gasteiger partial charge in [-0.15, -0.1) is 11.3 Å². The molecule has 0 radical (unpaired) electrons. The van der Waals surface area contributed by atoms with E-state index >= 15 is 0 Å². The number of aromatic nitrogens is 1. The van der Waals surface area contributed by atoms with E-state index in [-0.39, 0.29) is 29.2 Å². The Labute approximate surface area is 213 Å². The van der Waals surface area contributed by atoms with Gasteiger partial charge < -0.3 is 15.2 Å². The summed E-state index contributed by atoms with van der Waals surface area (Å²) in [4.78, 5) is 13.3. The summed E-state index contributed by atoms with van der Waals surface area (Å²) in [5.41, 5.74) is 8.00. The fourth-order valence-electron chi connectivity index (χ4n) is 4.06. The highest BCUT2D eigenvalue weighted by atomic mass is 32.1. The molecular formula is C28H26N4O3S. The fourth-order valence-corrected chi connectivity index (χ4v) is 5.19. The smallest absolute Gasteiger partial charge is 0.274 e. The highest BCUT2D eigenvalue weighted by Gasteiger charge is 2.32. The summed E-state index contributed by atoms with van der Waals surface area (Å²) in [7, 11) is 0. The molecule has 0 aliphatic carbocycles. The van der Waals surface area contributed by atoms with E-state index in [9.17, 15) is 15.3 Å². The molecule has 1 aromatic heterocycles. The number of ether oxygens (including phenoxy) is 2. The van der Waals surface area contributed by atoms with Gasteiger partial charge in [0.15, 0.2) is 0 Å². The predicted molar refractivity (Wildman–Crippen MR) is 141 cm³/mol. The van der Waals surface area contributed by atoms with Crippen molar-refractivity contribution in [3.8, 4) is 23.6 Å². The van der Waals surface area contributed by atoms with Crippen molar-refractivity contribution in [3.05, 3.63) is 84.8 Å². The Morgan fingerprint density at radius 2 is 1.44 bits per heavy atom. The summed E-state index contributed by atoms with van der Waals surface area (Å²) in [6.07, 6.45) is 1.83. The maximum Gasteiger partial charge on any atom is 0.274 e. The number of thiazole rings is 1. The first-order valence-corrected chi connectivity index (χ1v) is 12.4. The summed E-state index contributed by atoms with van der Waals surface area (Å²) in [5.74, 6) is 0.795. The van der Waals surface area contributed by atoms with Gasteiger partial charge in [-0.25, -0.2) is 0 Å². The average Bonchev–Trinajstić information content (AvgIpc) is 3.16. The number of nitrogens with zero attached hydrogens (tertiary/aromatic N) is 3. The standard InChI is InChI=1S/C28H26N4O3S/c1-16(2)34-20-9-5-18(6-10-20)13-24-27(33)32-26(31)22(14-29)25(23(15-30)28(32)36-24)19-7-11-21(12-8-19)35-17(3)4/h5-13,16-17,25H,31H2,1-4H3/b24-13-/t25-/m1/s1. The van der Waals surface area contributed by atoms with E-state index in [4.69, 9.17) is 15.2 Å². The second-order valence-corrected chi connectivity index (χ2v) is 9.93. The van der Waals surface area contributed by atoms with Crippen molar-refractivity contribution < 1.29 is 9.47 Å². The first-order chi connectivity index (χ1) is 17.2. The van der Waals surface area contributed by atoms with E-state index in [1.807, 2.05) is 64.1 Å². The van der Waals surface area contributed by atoms with Crippen LogP contribution in [0, 0.1) is 22.7 Å². The average molecular weight is 499 g/mol. The van der Waals surface area contributed by atoms with Gasteiger partial charge in [0.1, 0.15) is 22.0 Å². The zero-order valence-corrected chi connectivity index (χ0v) is 21.3. The summed E-state index contributed by atoms with van der Waals surface area (Å²) < 4.78 is 13.5. The maximum absolute atomic E-state index is 13.3. The molecule has 0 spiro atoms. The Morgan fingerprint density at radius 3 is 1.94 bits per heavy atom. The minimum absolute atomic E-state index is 0.0196. The van der Waals surface area contributed by atoms with E-state index in [1.54, 1.807) is 18.2 Å². The molecule has 0 saturated carbocycles. The van der Waals surface area contributed by atoms with Crippen LogP contribution < -0.4 is 30.0 Å². The second kappa shape index (κ2) is 10.2. The molecule has 2 N–H and O–H groups in total. The number of nitriles is 2. The lowest BCUT2D eigenvalue weighted by molar-refractivity contribution is 0.242. The number of fused-ring (bicyclic) bond motifs is 1. The number of benzene rings is 2. The Kier molecular flexibility index (Phi) is 7.00. The summed E-state index contributed by atoms with van der Waals surface area (Å²) in [5, 5.41) is 20.1. The quantitative estimate of drug-likeness (QED) is 0.557. The van der Waals surface area contributed by atoms with Crippen LogP contribution in [0.25, 0.3) is 17.5 Å². The minimum Gasteiger partial charge on any atom is -0.491 e. The van der Waals surface area contributed by atoms with Crippen molar-refractivity contribution in [1.29, 1.82) is 10.5 Å². The molecule has 0 amide bonds. The van der Waals surface area contributed by atoms with Gasteiger partial charge in [0.05, 0.1) is 45.9 Å². The van der Waals surface area contributed by atoms with Crippen LogP contribution in [-0.2, 0) is 0 Å².